The van der Waals surface area contributed by atoms with Crippen LogP contribution in [-0.2, 0) is 0 Å². The van der Waals surface area contributed by atoms with E-state index in [1.54, 1.807) is 0 Å². The average molecular weight is 118 g/mol. The van der Waals surface area contributed by atoms with Crippen LogP contribution in [0.5, 0.6) is 0 Å². The van der Waals surface area contributed by atoms with Crippen LogP contribution in [0.2, 0.25) is 0 Å². The van der Waals surface area contributed by atoms with Gasteiger partial charge in [-0.1, -0.05) is 6.92 Å². The Bertz CT molecular complexity index is 33.5. The summed E-state index contributed by atoms with van der Waals surface area (Å²) in [4.78, 5) is 0. The Morgan fingerprint density at radius 1 is 1.50 bits per heavy atom. The highest BCUT2D eigenvalue weighted by atomic mass is 16.3. The molecule has 0 aromatic rings. The summed E-state index contributed by atoms with van der Waals surface area (Å²) in [5, 5.41) is 16.5. The Hall–Kier alpha value is -0.340. The second-order valence-corrected chi connectivity index (χ2v) is 1.24. The minimum absolute atomic E-state index is 0.115. The molecule has 0 amide bonds. The molecule has 0 bridgehead atoms. The maximum absolute atomic E-state index is 8.42. The standard InChI is InChI=1S/C4H10O2.C2H4/c1-2-4(6)3-5;1-2/h4-6H,2-3H2,1H3;1-2H2. The van der Waals surface area contributed by atoms with E-state index in [9.17, 15) is 0 Å². The van der Waals surface area contributed by atoms with Crippen molar-refractivity contribution < 1.29 is 10.2 Å². The molecule has 0 aliphatic heterocycles. The highest BCUT2D eigenvalue weighted by Crippen LogP contribution is 1.83. The molecule has 2 heteroatoms. The molecule has 0 heterocycles. The fraction of sp³-hybridized carbons (Fsp3) is 0.667. The molecule has 2 N–H and O–H groups in total. The summed E-state index contributed by atoms with van der Waals surface area (Å²) >= 11 is 0. The Labute approximate surface area is 50.5 Å². The summed E-state index contributed by atoms with van der Waals surface area (Å²) in [5.41, 5.74) is 0. The second-order valence-electron chi connectivity index (χ2n) is 1.24. The second kappa shape index (κ2) is 9.83. The first-order chi connectivity index (χ1) is 3.81. The van der Waals surface area contributed by atoms with E-state index in [-0.39, 0.29) is 6.61 Å². The van der Waals surface area contributed by atoms with Gasteiger partial charge >= 0.3 is 0 Å². The molecule has 0 radical (unpaired) electrons. The van der Waals surface area contributed by atoms with Crippen LogP contribution in [0.3, 0.4) is 0 Å². The Morgan fingerprint density at radius 3 is 1.88 bits per heavy atom. The van der Waals surface area contributed by atoms with Gasteiger partial charge in [-0.2, -0.15) is 0 Å². The molecule has 1 unspecified atom stereocenters. The van der Waals surface area contributed by atoms with Gasteiger partial charge in [-0.3, -0.25) is 0 Å². The molecule has 2 nitrogen and oxygen atoms in total. The molecule has 50 valence electrons. The zero-order chi connectivity index (χ0) is 6.99. The van der Waals surface area contributed by atoms with Gasteiger partial charge in [0.25, 0.3) is 0 Å². The first-order valence-corrected chi connectivity index (χ1v) is 2.60. The number of hydrogen-bond acceptors (Lipinski definition) is 2. The lowest BCUT2D eigenvalue weighted by Crippen LogP contribution is -2.08. The molecular weight excluding hydrogens is 104 g/mol. The molecule has 0 spiro atoms. The fourth-order valence-corrected chi connectivity index (χ4v) is 0.129. The lowest BCUT2D eigenvalue weighted by Gasteiger charge is -1.97. The van der Waals surface area contributed by atoms with Crippen LogP contribution < -0.4 is 0 Å². The van der Waals surface area contributed by atoms with E-state index in [1.165, 1.54) is 0 Å². The van der Waals surface area contributed by atoms with Gasteiger partial charge in [0.15, 0.2) is 0 Å². The highest BCUT2D eigenvalue weighted by molar-refractivity contribution is 4.43. The molecule has 0 aromatic carbocycles. The van der Waals surface area contributed by atoms with Crippen molar-refractivity contribution in [2.24, 2.45) is 0 Å². The lowest BCUT2D eigenvalue weighted by atomic mass is 10.3. The summed E-state index contributed by atoms with van der Waals surface area (Å²) < 4.78 is 0. The van der Waals surface area contributed by atoms with Gasteiger partial charge in [0, 0.05) is 0 Å². The van der Waals surface area contributed by atoms with Gasteiger partial charge < -0.3 is 10.2 Å². The van der Waals surface area contributed by atoms with Gasteiger partial charge in [-0.25, -0.2) is 0 Å². The van der Waals surface area contributed by atoms with Crippen molar-refractivity contribution in [3.05, 3.63) is 13.2 Å². The normalized spacial score (nSPS) is 11.4. The molecule has 0 aliphatic carbocycles. The number of hydrogen-bond donors (Lipinski definition) is 2. The monoisotopic (exact) mass is 118 g/mol. The summed E-state index contributed by atoms with van der Waals surface area (Å²) in [6, 6.07) is 0. The van der Waals surface area contributed by atoms with Crippen LogP contribution >= 0.6 is 0 Å². The number of aliphatic hydroxyl groups is 2. The first-order valence-electron chi connectivity index (χ1n) is 2.60. The largest absolute Gasteiger partial charge is 0.394 e. The van der Waals surface area contributed by atoms with Crippen LogP contribution in [0.25, 0.3) is 0 Å². The minimum atomic E-state index is -0.509. The van der Waals surface area contributed by atoms with Crippen LogP contribution in [0.1, 0.15) is 13.3 Å². The predicted molar refractivity (Wildman–Crippen MR) is 34.6 cm³/mol. The van der Waals surface area contributed by atoms with Gasteiger partial charge in [-0.05, 0) is 6.42 Å². The van der Waals surface area contributed by atoms with E-state index in [1.807, 2.05) is 6.92 Å². The van der Waals surface area contributed by atoms with Crippen molar-refractivity contribution in [2.75, 3.05) is 6.61 Å². The van der Waals surface area contributed by atoms with E-state index < -0.39 is 6.10 Å². The number of rotatable bonds is 2. The molecular formula is C6H14O2. The quantitative estimate of drug-likeness (QED) is 0.520. The molecule has 1 atom stereocenters. The third kappa shape index (κ3) is 9.18. The van der Waals surface area contributed by atoms with Gasteiger partial charge in [0.1, 0.15) is 0 Å². The molecule has 8 heavy (non-hydrogen) atoms. The van der Waals surface area contributed by atoms with E-state index in [2.05, 4.69) is 13.2 Å². The smallest absolute Gasteiger partial charge is 0.0768 e. The third-order valence-corrected chi connectivity index (χ3v) is 0.682. The van der Waals surface area contributed by atoms with E-state index in [0.717, 1.165) is 0 Å². The van der Waals surface area contributed by atoms with Crippen molar-refractivity contribution in [1.29, 1.82) is 0 Å². The average Bonchev–Trinajstić information content (AvgIpc) is 1.91. The SMILES string of the molecule is C=C.CCC(O)CO. The maximum atomic E-state index is 8.42. The van der Waals surface area contributed by atoms with Crippen LogP contribution in [0.4, 0.5) is 0 Å². The Kier molecular flexibility index (Phi) is 13.0. The van der Waals surface area contributed by atoms with Crippen LogP contribution in [-0.4, -0.2) is 22.9 Å². The summed E-state index contributed by atoms with van der Waals surface area (Å²) in [7, 11) is 0. The maximum Gasteiger partial charge on any atom is 0.0768 e. The molecule has 0 fully saturated rings. The highest BCUT2D eigenvalue weighted by Gasteiger charge is 1.92. The molecule has 0 aliphatic rings. The van der Waals surface area contributed by atoms with E-state index in [0.29, 0.717) is 6.42 Å². The van der Waals surface area contributed by atoms with Crippen molar-refractivity contribution in [1.82, 2.24) is 0 Å². The molecule has 0 saturated heterocycles. The zero-order valence-corrected chi connectivity index (χ0v) is 5.30. The van der Waals surface area contributed by atoms with Crippen LogP contribution in [0.15, 0.2) is 13.2 Å². The van der Waals surface area contributed by atoms with Gasteiger partial charge in [0.05, 0.1) is 12.7 Å². The summed E-state index contributed by atoms with van der Waals surface area (Å²) in [6.45, 7) is 7.71. The molecule has 0 rings (SSSR count). The predicted octanol–water partition coefficient (Wildman–Crippen LogP) is 0.552. The third-order valence-electron chi connectivity index (χ3n) is 0.682. The van der Waals surface area contributed by atoms with E-state index >= 15 is 0 Å². The minimum Gasteiger partial charge on any atom is -0.394 e. The number of aliphatic hydroxyl groups excluding tert-OH is 2. The molecule has 0 saturated carbocycles. The van der Waals surface area contributed by atoms with Gasteiger partial charge in [-0.15, -0.1) is 13.2 Å². The summed E-state index contributed by atoms with van der Waals surface area (Å²) in [6.07, 6.45) is 0.126. The van der Waals surface area contributed by atoms with Crippen LogP contribution in [0, 0.1) is 0 Å². The Balaban J connectivity index is 0. The van der Waals surface area contributed by atoms with Gasteiger partial charge in [0.2, 0.25) is 0 Å². The van der Waals surface area contributed by atoms with Crippen molar-refractivity contribution in [3.63, 3.8) is 0 Å². The first kappa shape index (κ1) is 10.6. The Morgan fingerprint density at radius 2 is 1.88 bits per heavy atom. The van der Waals surface area contributed by atoms with Crippen molar-refractivity contribution in [3.8, 4) is 0 Å². The van der Waals surface area contributed by atoms with Crippen molar-refractivity contribution >= 4 is 0 Å². The summed E-state index contributed by atoms with van der Waals surface area (Å²) in [5.74, 6) is 0. The molecule has 0 aromatic heterocycles. The van der Waals surface area contributed by atoms with E-state index in [4.69, 9.17) is 10.2 Å². The van der Waals surface area contributed by atoms with Crippen molar-refractivity contribution in [2.45, 2.75) is 19.4 Å². The fourth-order valence-electron chi connectivity index (χ4n) is 0.129. The lowest BCUT2D eigenvalue weighted by molar-refractivity contribution is 0.0923. The topological polar surface area (TPSA) is 40.5 Å². The zero-order valence-electron chi connectivity index (χ0n) is 5.30.